The fraction of sp³-hybridized carbons (Fsp3) is 0.214. The number of non-ortho nitro benzene ring substituents is 1. The molecule has 0 aliphatic carbocycles. The number of amides is 1. The number of benzene rings is 1. The quantitative estimate of drug-likeness (QED) is 0.669. The van der Waals surface area contributed by atoms with E-state index in [1.807, 2.05) is 6.92 Å². The standard InChI is InChI=1S/C14H14N4O4/c1-2-9-17-13(19)8-7-12(16-17)14(20)15-10-3-5-11(6-4-10)18(21)22/h3-8H,2,9H2,1H3,(H,15,20). The van der Waals surface area contributed by atoms with Gasteiger partial charge in [0.1, 0.15) is 5.69 Å². The van der Waals surface area contributed by atoms with E-state index in [2.05, 4.69) is 10.4 Å². The summed E-state index contributed by atoms with van der Waals surface area (Å²) in [6.07, 6.45) is 0.723. The number of nitrogens with one attached hydrogen (secondary N) is 1. The Morgan fingerprint density at radius 3 is 2.55 bits per heavy atom. The van der Waals surface area contributed by atoms with Gasteiger partial charge >= 0.3 is 0 Å². The van der Waals surface area contributed by atoms with Crippen molar-refractivity contribution in [1.29, 1.82) is 0 Å². The predicted molar refractivity (Wildman–Crippen MR) is 79.8 cm³/mol. The number of nitro groups is 1. The molecule has 0 aliphatic heterocycles. The summed E-state index contributed by atoms with van der Waals surface area (Å²) in [5.74, 6) is -0.487. The van der Waals surface area contributed by atoms with Crippen molar-refractivity contribution < 1.29 is 9.72 Å². The Morgan fingerprint density at radius 1 is 1.27 bits per heavy atom. The summed E-state index contributed by atoms with van der Waals surface area (Å²) in [6.45, 7) is 2.33. The maximum Gasteiger partial charge on any atom is 0.276 e. The van der Waals surface area contributed by atoms with Gasteiger partial charge in [-0.1, -0.05) is 6.92 Å². The number of hydrogen-bond donors (Lipinski definition) is 1. The van der Waals surface area contributed by atoms with Gasteiger partial charge in [0.15, 0.2) is 0 Å². The topological polar surface area (TPSA) is 107 Å². The molecule has 2 rings (SSSR count). The Kier molecular flexibility index (Phi) is 4.62. The maximum absolute atomic E-state index is 12.1. The van der Waals surface area contributed by atoms with Crippen molar-refractivity contribution in [3.63, 3.8) is 0 Å². The van der Waals surface area contributed by atoms with E-state index < -0.39 is 10.8 Å². The van der Waals surface area contributed by atoms with Crippen molar-refractivity contribution in [3.8, 4) is 0 Å². The SMILES string of the molecule is CCCn1nc(C(=O)Nc2ccc([N+](=O)[O-])cc2)ccc1=O. The van der Waals surface area contributed by atoms with Gasteiger partial charge in [-0.05, 0) is 24.6 Å². The smallest absolute Gasteiger partial charge is 0.276 e. The van der Waals surface area contributed by atoms with Crippen molar-refractivity contribution in [3.05, 3.63) is 62.6 Å². The van der Waals surface area contributed by atoms with Crippen molar-refractivity contribution in [2.75, 3.05) is 5.32 Å². The lowest BCUT2D eigenvalue weighted by molar-refractivity contribution is -0.384. The van der Waals surface area contributed by atoms with Gasteiger partial charge in [0.2, 0.25) is 0 Å². The van der Waals surface area contributed by atoms with Crippen molar-refractivity contribution in [1.82, 2.24) is 9.78 Å². The first-order valence-corrected chi connectivity index (χ1v) is 6.65. The lowest BCUT2D eigenvalue weighted by atomic mass is 10.2. The zero-order valence-corrected chi connectivity index (χ0v) is 11.9. The molecule has 0 atom stereocenters. The van der Waals surface area contributed by atoms with Crippen molar-refractivity contribution in [2.45, 2.75) is 19.9 Å². The van der Waals surface area contributed by atoms with E-state index in [0.717, 1.165) is 6.42 Å². The normalized spacial score (nSPS) is 10.2. The van der Waals surface area contributed by atoms with Crippen LogP contribution in [0.4, 0.5) is 11.4 Å². The Balaban J connectivity index is 2.16. The first-order valence-electron chi connectivity index (χ1n) is 6.65. The van der Waals surface area contributed by atoms with Crippen LogP contribution in [0, 0.1) is 10.1 Å². The molecule has 0 bridgehead atoms. The van der Waals surface area contributed by atoms with E-state index in [9.17, 15) is 19.7 Å². The summed E-state index contributed by atoms with van der Waals surface area (Å²) in [7, 11) is 0. The van der Waals surface area contributed by atoms with Crippen LogP contribution in [0.3, 0.4) is 0 Å². The number of hydrogen-bond acceptors (Lipinski definition) is 5. The molecular weight excluding hydrogens is 288 g/mol. The van der Waals surface area contributed by atoms with E-state index in [1.165, 1.54) is 41.1 Å². The maximum atomic E-state index is 12.1. The van der Waals surface area contributed by atoms with E-state index in [4.69, 9.17) is 0 Å². The van der Waals surface area contributed by atoms with Crippen LogP contribution in [0.5, 0.6) is 0 Å². The van der Waals surface area contributed by atoms with Gasteiger partial charge in [-0.25, -0.2) is 4.68 Å². The number of aromatic nitrogens is 2. The molecule has 0 saturated carbocycles. The number of aryl methyl sites for hydroxylation is 1. The van der Waals surface area contributed by atoms with Gasteiger partial charge < -0.3 is 5.32 Å². The largest absolute Gasteiger partial charge is 0.321 e. The Hall–Kier alpha value is -3.03. The molecule has 1 aromatic heterocycles. The summed E-state index contributed by atoms with van der Waals surface area (Å²) in [5.41, 5.74) is 0.179. The fourth-order valence-corrected chi connectivity index (χ4v) is 1.80. The average molecular weight is 302 g/mol. The average Bonchev–Trinajstić information content (AvgIpc) is 2.50. The van der Waals surface area contributed by atoms with Crippen LogP contribution in [0.25, 0.3) is 0 Å². The number of rotatable bonds is 5. The van der Waals surface area contributed by atoms with Crippen molar-refractivity contribution in [2.24, 2.45) is 0 Å². The molecule has 0 saturated heterocycles. The molecule has 22 heavy (non-hydrogen) atoms. The Morgan fingerprint density at radius 2 is 1.95 bits per heavy atom. The van der Waals surface area contributed by atoms with Gasteiger partial charge in [0, 0.05) is 30.4 Å². The first-order chi connectivity index (χ1) is 10.5. The van der Waals surface area contributed by atoms with Crippen LogP contribution >= 0.6 is 0 Å². The van der Waals surface area contributed by atoms with Crippen LogP contribution in [0.2, 0.25) is 0 Å². The van der Waals surface area contributed by atoms with Crippen LogP contribution in [0.1, 0.15) is 23.8 Å². The molecule has 1 aromatic carbocycles. The third-order valence-corrected chi connectivity index (χ3v) is 2.87. The highest BCUT2D eigenvalue weighted by Gasteiger charge is 2.11. The summed E-state index contributed by atoms with van der Waals surface area (Å²) in [6, 6.07) is 8.07. The number of anilines is 1. The Labute approximate surface area is 125 Å². The molecule has 0 radical (unpaired) electrons. The monoisotopic (exact) mass is 302 g/mol. The second kappa shape index (κ2) is 6.61. The first kappa shape index (κ1) is 15.4. The number of nitrogens with zero attached hydrogens (tertiary/aromatic N) is 3. The second-order valence-corrected chi connectivity index (χ2v) is 4.54. The lowest BCUT2D eigenvalue weighted by Gasteiger charge is -2.07. The third-order valence-electron chi connectivity index (χ3n) is 2.87. The minimum Gasteiger partial charge on any atom is -0.321 e. The molecule has 8 nitrogen and oxygen atoms in total. The summed E-state index contributed by atoms with van der Waals surface area (Å²) in [4.78, 5) is 33.7. The highest BCUT2D eigenvalue weighted by molar-refractivity contribution is 6.02. The zero-order valence-electron chi connectivity index (χ0n) is 11.9. The highest BCUT2D eigenvalue weighted by Crippen LogP contribution is 2.15. The van der Waals surface area contributed by atoms with Gasteiger partial charge in [-0.3, -0.25) is 19.7 Å². The molecular formula is C14H14N4O4. The molecule has 1 N–H and O–H groups in total. The van der Waals surface area contributed by atoms with E-state index in [-0.39, 0.29) is 16.9 Å². The molecule has 0 unspecified atom stereocenters. The molecule has 1 heterocycles. The number of nitro benzene ring substituents is 1. The number of carbonyl (C=O) groups excluding carboxylic acids is 1. The lowest BCUT2D eigenvalue weighted by Crippen LogP contribution is -2.26. The molecule has 114 valence electrons. The third kappa shape index (κ3) is 3.54. The van der Waals surface area contributed by atoms with Gasteiger partial charge in [-0.15, -0.1) is 0 Å². The minimum atomic E-state index is -0.520. The Bertz CT molecular complexity index is 752. The predicted octanol–water partition coefficient (Wildman–Crippen LogP) is 1.81. The molecule has 1 amide bonds. The summed E-state index contributed by atoms with van der Waals surface area (Å²) < 4.78 is 1.23. The van der Waals surface area contributed by atoms with Crippen LogP contribution < -0.4 is 10.9 Å². The van der Waals surface area contributed by atoms with Gasteiger partial charge in [0.25, 0.3) is 17.2 Å². The second-order valence-electron chi connectivity index (χ2n) is 4.54. The highest BCUT2D eigenvalue weighted by atomic mass is 16.6. The summed E-state index contributed by atoms with van der Waals surface area (Å²) in [5, 5.41) is 17.1. The number of carbonyl (C=O) groups is 1. The molecule has 0 spiro atoms. The van der Waals surface area contributed by atoms with E-state index >= 15 is 0 Å². The van der Waals surface area contributed by atoms with Crippen LogP contribution in [-0.2, 0) is 6.54 Å². The van der Waals surface area contributed by atoms with Gasteiger partial charge in [0.05, 0.1) is 4.92 Å². The van der Waals surface area contributed by atoms with Crippen molar-refractivity contribution >= 4 is 17.3 Å². The molecule has 8 heteroatoms. The van der Waals surface area contributed by atoms with Crippen LogP contribution in [0.15, 0.2) is 41.2 Å². The zero-order chi connectivity index (χ0) is 16.1. The molecule has 0 fully saturated rings. The van der Waals surface area contributed by atoms with E-state index in [1.54, 1.807) is 0 Å². The van der Waals surface area contributed by atoms with Crippen LogP contribution in [-0.4, -0.2) is 20.6 Å². The summed E-state index contributed by atoms with van der Waals surface area (Å²) >= 11 is 0. The van der Waals surface area contributed by atoms with E-state index in [0.29, 0.717) is 12.2 Å². The molecule has 2 aromatic rings. The molecule has 0 aliphatic rings. The minimum absolute atomic E-state index is 0.0624. The fourth-order valence-electron chi connectivity index (χ4n) is 1.80. The van der Waals surface area contributed by atoms with Gasteiger partial charge in [-0.2, -0.15) is 5.10 Å².